The minimum atomic E-state index is -0.640. The summed E-state index contributed by atoms with van der Waals surface area (Å²) in [7, 11) is 2.11. The first-order valence-electron chi connectivity index (χ1n) is 11.2. The van der Waals surface area contributed by atoms with E-state index in [1.165, 1.54) is 11.3 Å². The summed E-state index contributed by atoms with van der Waals surface area (Å²) in [6.45, 7) is 8.17. The van der Waals surface area contributed by atoms with Crippen molar-refractivity contribution < 1.29 is 14.3 Å². The predicted octanol–water partition coefficient (Wildman–Crippen LogP) is 2.42. The molecule has 0 aromatic heterocycles. The molecule has 0 saturated carbocycles. The van der Waals surface area contributed by atoms with Crippen LogP contribution in [0.25, 0.3) is 0 Å². The lowest BCUT2D eigenvalue weighted by atomic mass is 10.0. The summed E-state index contributed by atoms with van der Waals surface area (Å²) in [4.78, 5) is 29.8. The Morgan fingerprint density at radius 1 is 1.03 bits per heavy atom. The van der Waals surface area contributed by atoms with Crippen LogP contribution in [0.15, 0.2) is 36.4 Å². The van der Waals surface area contributed by atoms with Crippen molar-refractivity contribution in [2.45, 2.75) is 26.3 Å². The Morgan fingerprint density at radius 3 is 2.47 bits per heavy atom. The number of aryl methyl sites for hydroxylation is 2. The van der Waals surface area contributed by atoms with Gasteiger partial charge in [-0.25, -0.2) is 0 Å². The summed E-state index contributed by atoms with van der Waals surface area (Å²) in [5.74, 6) is -1.26. The number of hydrogen-bond acceptors (Lipinski definition) is 5. The van der Waals surface area contributed by atoms with E-state index in [-0.39, 0.29) is 6.04 Å². The molecular weight excluding hydrogens is 404 g/mol. The average molecular weight is 437 g/mol. The van der Waals surface area contributed by atoms with Crippen molar-refractivity contribution in [2.75, 3.05) is 56.7 Å². The Morgan fingerprint density at radius 2 is 1.75 bits per heavy atom. The molecule has 2 amide bonds. The lowest BCUT2D eigenvalue weighted by Gasteiger charge is -2.35. The maximum Gasteiger partial charge on any atom is 0.313 e. The summed E-state index contributed by atoms with van der Waals surface area (Å²) in [6.07, 6.45) is 1.03. The third-order valence-corrected chi connectivity index (χ3v) is 6.48. The molecule has 170 valence electrons. The number of morpholine rings is 1. The molecule has 2 aliphatic rings. The molecule has 0 radical (unpaired) electrons. The van der Waals surface area contributed by atoms with E-state index in [9.17, 15) is 9.59 Å². The van der Waals surface area contributed by atoms with Gasteiger partial charge in [0.15, 0.2) is 0 Å². The lowest BCUT2D eigenvalue weighted by Crippen LogP contribution is -2.45. The number of anilines is 2. The Hall–Kier alpha value is -2.90. The van der Waals surface area contributed by atoms with Crippen molar-refractivity contribution in [1.29, 1.82) is 0 Å². The van der Waals surface area contributed by atoms with Gasteiger partial charge in [0.2, 0.25) is 0 Å². The molecule has 2 aromatic carbocycles. The van der Waals surface area contributed by atoms with Crippen molar-refractivity contribution in [2.24, 2.45) is 0 Å². The van der Waals surface area contributed by atoms with Crippen LogP contribution in [0.5, 0.6) is 0 Å². The Kier molecular flexibility index (Phi) is 6.77. The highest BCUT2D eigenvalue weighted by atomic mass is 16.5. The first kappa shape index (κ1) is 22.3. The van der Waals surface area contributed by atoms with Crippen LogP contribution in [0.1, 0.15) is 28.3 Å². The van der Waals surface area contributed by atoms with Gasteiger partial charge in [-0.05, 0) is 48.6 Å². The summed E-state index contributed by atoms with van der Waals surface area (Å²) in [5.41, 5.74) is 6.33. The molecule has 0 spiro atoms. The van der Waals surface area contributed by atoms with Crippen molar-refractivity contribution in [3.8, 4) is 0 Å². The molecule has 2 aromatic rings. The van der Waals surface area contributed by atoms with Gasteiger partial charge >= 0.3 is 11.8 Å². The van der Waals surface area contributed by atoms with Crippen molar-refractivity contribution in [1.82, 2.24) is 10.2 Å². The van der Waals surface area contributed by atoms with Crippen LogP contribution in [-0.4, -0.2) is 63.2 Å². The zero-order valence-corrected chi connectivity index (χ0v) is 19.1. The first-order valence-corrected chi connectivity index (χ1v) is 11.2. The van der Waals surface area contributed by atoms with Crippen molar-refractivity contribution in [3.05, 3.63) is 58.7 Å². The van der Waals surface area contributed by atoms with E-state index in [4.69, 9.17) is 4.74 Å². The van der Waals surface area contributed by atoms with Crippen LogP contribution in [0.2, 0.25) is 0 Å². The SMILES string of the molecule is Cc1cccc(C)c1NC(=O)C(=O)NC[C@@H](c1ccc2c(c1)CCN2C)N1CCOCC1. The standard InChI is InChI=1S/C25H32N4O3/c1-17-5-4-6-18(2)23(17)27-25(31)24(30)26-16-22(29-11-13-32-14-12-29)19-7-8-21-20(15-19)9-10-28(21)3/h4-8,15,22H,9-14,16H2,1-3H3,(H,26,30)(H,27,31)/t22-/m0/s1. The van der Waals surface area contributed by atoms with Crippen LogP contribution in [0.4, 0.5) is 11.4 Å². The molecule has 7 nitrogen and oxygen atoms in total. The minimum absolute atomic E-state index is 0.00736. The zero-order chi connectivity index (χ0) is 22.7. The Labute approximate surface area is 189 Å². The number of carbonyl (C=O) groups excluding carboxylic acids is 2. The monoisotopic (exact) mass is 436 g/mol. The number of carbonyl (C=O) groups is 2. The summed E-state index contributed by atoms with van der Waals surface area (Å²) in [5, 5.41) is 5.64. The highest BCUT2D eigenvalue weighted by Crippen LogP contribution is 2.31. The number of para-hydroxylation sites is 1. The van der Waals surface area contributed by atoms with Gasteiger partial charge in [0.05, 0.1) is 19.3 Å². The number of fused-ring (bicyclic) bond motifs is 1. The largest absolute Gasteiger partial charge is 0.379 e. The van der Waals surface area contributed by atoms with Crippen LogP contribution < -0.4 is 15.5 Å². The second kappa shape index (κ2) is 9.71. The molecule has 0 aliphatic carbocycles. The highest BCUT2D eigenvalue weighted by Gasteiger charge is 2.26. The van der Waals surface area contributed by atoms with Gasteiger partial charge in [-0.15, -0.1) is 0 Å². The number of hydrogen-bond donors (Lipinski definition) is 2. The number of likely N-dealkylation sites (N-methyl/N-ethyl adjacent to an activating group) is 1. The molecule has 32 heavy (non-hydrogen) atoms. The normalized spacial score (nSPS) is 17.0. The fourth-order valence-corrected chi connectivity index (χ4v) is 4.59. The van der Waals surface area contributed by atoms with E-state index in [2.05, 4.69) is 45.7 Å². The summed E-state index contributed by atoms with van der Waals surface area (Å²) < 4.78 is 5.53. The molecule has 1 fully saturated rings. The predicted molar refractivity (Wildman–Crippen MR) is 126 cm³/mol. The van der Waals surface area contributed by atoms with Gasteiger partial charge in [0, 0.05) is 44.6 Å². The van der Waals surface area contributed by atoms with Gasteiger partial charge < -0.3 is 20.3 Å². The Bertz CT molecular complexity index is 980. The number of nitrogens with one attached hydrogen (secondary N) is 2. The Balaban J connectivity index is 1.47. The molecule has 1 atom stereocenters. The van der Waals surface area contributed by atoms with E-state index in [1.807, 2.05) is 32.0 Å². The fourth-order valence-electron chi connectivity index (χ4n) is 4.59. The molecule has 2 N–H and O–H groups in total. The highest BCUT2D eigenvalue weighted by molar-refractivity contribution is 6.39. The number of ether oxygens (including phenoxy) is 1. The van der Waals surface area contributed by atoms with Gasteiger partial charge in [-0.2, -0.15) is 0 Å². The molecule has 0 unspecified atom stereocenters. The van der Waals surface area contributed by atoms with Crippen molar-refractivity contribution >= 4 is 23.2 Å². The average Bonchev–Trinajstić information content (AvgIpc) is 3.17. The topological polar surface area (TPSA) is 73.9 Å². The van der Waals surface area contributed by atoms with Crippen LogP contribution >= 0.6 is 0 Å². The lowest BCUT2D eigenvalue weighted by molar-refractivity contribution is -0.136. The van der Waals surface area contributed by atoms with E-state index >= 15 is 0 Å². The first-order chi connectivity index (χ1) is 15.4. The second-order valence-corrected chi connectivity index (χ2v) is 8.65. The molecular formula is C25H32N4O3. The zero-order valence-electron chi connectivity index (χ0n) is 19.1. The third-order valence-electron chi connectivity index (χ3n) is 6.48. The molecule has 1 saturated heterocycles. The molecule has 0 bridgehead atoms. The summed E-state index contributed by atoms with van der Waals surface area (Å²) >= 11 is 0. The second-order valence-electron chi connectivity index (χ2n) is 8.65. The van der Waals surface area contributed by atoms with Gasteiger partial charge in [0.1, 0.15) is 0 Å². The van der Waals surface area contributed by atoms with Crippen LogP contribution in [0.3, 0.4) is 0 Å². The quantitative estimate of drug-likeness (QED) is 0.705. The maximum atomic E-state index is 12.6. The number of benzene rings is 2. The fraction of sp³-hybridized carbons (Fsp3) is 0.440. The van der Waals surface area contributed by atoms with Gasteiger partial charge in [-0.3, -0.25) is 14.5 Å². The van der Waals surface area contributed by atoms with Crippen LogP contribution in [-0.2, 0) is 20.7 Å². The minimum Gasteiger partial charge on any atom is -0.379 e. The number of nitrogens with zero attached hydrogens (tertiary/aromatic N) is 2. The molecule has 2 aliphatic heterocycles. The number of amides is 2. The maximum absolute atomic E-state index is 12.6. The molecule has 2 heterocycles. The van der Waals surface area contributed by atoms with Crippen LogP contribution in [0, 0.1) is 13.8 Å². The van der Waals surface area contributed by atoms with Crippen molar-refractivity contribution in [3.63, 3.8) is 0 Å². The van der Waals surface area contributed by atoms with E-state index in [0.717, 1.165) is 42.7 Å². The molecule has 7 heteroatoms. The van der Waals surface area contributed by atoms with Gasteiger partial charge in [-0.1, -0.05) is 30.3 Å². The number of rotatable bonds is 5. The van der Waals surface area contributed by atoms with Gasteiger partial charge in [0.25, 0.3) is 0 Å². The summed E-state index contributed by atoms with van der Waals surface area (Å²) in [6, 6.07) is 12.3. The van der Waals surface area contributed by atoms with E-state index in [0.29, 0.717) is 25.4 Å². The smallest absolute Gasteiger partial charge is 0.313 e. The van der Waals surface area contributed by atoms with E-state index < -0.39 is 11.8 Å². The van der Waals surface area contributed by atoms with E-state index in [1.54, 1.807) is 0 Å². The third kappa shape index (κ3) is 4.79. The molecule has 4 rings (SSSR count).